The molecule has 1 unspecified atom stereocenters. The van der Waals surface area contributed by atoms with Crippen LogP contribution in [0.3, 0.4) is 0 Å². The third-order valence-electron chi connectivity index (χ3n) is 4.52. The Balaban J connectivity index is 1.84. The van der Waals surface area contributed by atoms with E-state index in [9.17, 15) is 20.0 Å². The third-order valence-corrected chi connectivity index (χ3v) is 4.52. The zero-order valence-corrected chi connectivity index (χ0v) is 13.8. The molecule has 0 fully saturated rings. The zero-order valence-electron chi connectivity index (χ0n) is 13.8. The van der Waals surface area contributed by atoms with Crippen molar-refractivity contribution in [3.63, 3.8) is 0 Å². The van der Waals surface area contributed by atoms with E-state index in [0.29, 0.717) is 18.7 Å². The number of hydrogen-bond donors (Lipinski definition) is 2. The Bertz CT molecular complexity index is 822. The maximum atomic E-state index is 12.7. The van der Waals surface area contributed by atoms with Crippen molar-refractivity contribution >= 4 is 17.4 Å². The van der Waals surface area contributed by atoms with Crippen molar-refractivity contribution in [1.82, 2.24) is 4.90 Å². The number of amides is 2. The molecule has 1 heterocycles. The Kier molecular flexibility index (Phi) is 4.67. The van der Waals surface area contributed by atoms with Crippen LogP contribution >= 0.6 is 0 Å². The van der Waals surface area contributed by atoms with Crippen LogP contribution in [0.4, 0.5) is 16.2 Å². The van der Waals surface area contributed by atoms with E-state index >= 15 is 0 Å². The van der Waals surface area contributed by atoms with Gasteiger partial charge in [0.05, 0.1) is 23.3 Å². The van der Waals surface area contributed by atoms with Gasteiger partial charge in [0.25, 0.3) is 5.69 Å². The van der Waals surface area contributed by atoms with Crippen LogP contribution in [0.5, 0.6) is 0 Å². The minimum atomic E-state index is -0.497. The number of nitro groups is 1. The molecule has 1 aliphatic rings. The predicted molar refractivity (Wildman–Crippen MR) is 93.5 cm³/mol. The smallest absolute Gasteiger partial charge is 0.322 e. The van der Waals surface area contributed by atoms with Crippen molar-refractivity contribution in [2.75, 3.05) is 18.5 Å². The summed E-state index contributed by atoms with van der Waals surface area (Å²) in [6.07, 6.45) is 0.702. The summed E-state index contributed by atoms with van der Waals surface area (Å²) in [6.45, 7) is 2.06. The lowest BCUT2D eigenvalue weighted by Gasteiger charge is -2.36. The number of urea groups is 1. The van der Waals surface area contributed by atoms with Gasteiger partial charge in [-0.3, -0.25) is 10.1 Å². The minimum Gasteiger partial charge on any atom is -0.394 e. The Morgan fingerprint density at radius 2 is 2.12 bits per heavy atom. The van der Waals surface area contributed by atoms with Crippen LogP contribution in [0.25, 0.3) is 0 Å². The van der Waals surface area contributed by atoms with Crippen molar-refractivity contribution in [1.29, 1.82) is 0 Å². The summed E-state index contributed by atoms with van der Waals surface area (Å²) in [5.74, 6) is 0. The Hall–Kier alpha value is -2.93. The molecule has 2 aromatic rings. The lowest BCUT2D eigenvalue weighted by atomic mass is 9.93. The number of nitro benzene ring substituents is 1. The molecule has 0 saturated heterocycles. The fraction of sp³-hybridized carbons (Fsp3) is 0.278. The largest absolute Gasteiger partial charge is 0.394 e. The van der Waals surface area contributed by atoms with E-state index < -0.39 is 11.0 Å². The molecular weight excluding hydrogens is 322 g/mol. The zero-order chi connectivity index (χ0) is 18.0. The van der Waals surface area contributed by atoms with E-state index in [1.165, 1.54) is 12.1 Å². The van der Waals surface area contributed by atoms with Crippen molar-refractivity contribution < 1.29 is 14.8 Å². The quantitative estimate of drug-likeness (QED) is 0.662. The fourth-order valence-corrected chi connectivity index (χ4v) is 3.14. The molecule has 2 amide bonds. The SMILES string of the molecule is Cc1ccc([N+](=O)[O-])cc1NC(=O)N1CCc2ccccc2C1CO. The number of carbonyl (C=O) groups is 1. The summed E-state index contributed by atoms with van der Waals surface area (Å²) in [7, 11) is 0. The van der Waals surface area contributed by atoms with E-state index in [1.54, 1.807) is 17.9 Å². The van der Waals surface area contributed by atoms with Crippen LogP contribution in [0, 0.1) is 17.0 Å². The molecule has 2 aromatic carbocycles. The number of carbonyl (C=O) groups excluding carboxylic acids is 1. The topological polar surface area (TPSA) is 95.7 Å². The van der Waals surface area contributed by atoms with Gasteiger partial charge in [0.2, 0.25) is 0 Å². The summed E-state index contributed by atoms with van der Waals surface area (Å²) in [5, 5.41) is 23.5. The number of rotatable bonds is 3. The first-order valence-corrected chi connectivity index (χ1v) is 8.02. The lowest BCUT2D eigenvalue weighted by molar-refractivity contribution is -0.384. The molecule has 0 spiro atoms. The first-order chi connectivity index (χ1) is 12.0. The summed E-state index contributed by atoms with van der Waals surface area (Å²) < 4.78 is 0. The average molecular weight is 341 g/mol. The van der Waals surface area contributed by atoms with Gasteiger partial charge >= 0.3 is 6.03 Å². The average Bonchev–Trinajstić information content (AvgIpc) is 2.62. The molecular formula is C18H19N3O4. The molecule has 0 bridgehead atoms. The molecule has 130 valence electrons. The number of nitrogens with zero attached hydrogens (tertiary/aromatic N) is 2. The molecule has 1 aliphatic heterocycles. The number of aliphatic hydroxyl groups excluding tert-OH is 1. The van der Waals surface area contributed by atoms with Gasteiger partial charge in [-0.25, -0.2) is 4.79 Å². The Labute approximate surface area is 145 Å². The molecule has 0 aromatic heterocycles. The van der Waals surface area contributed by atoms with Gasteiger partial charge in [0.1, 0.15) is 0 Å². The van der Waals surface area contributed by atoms with Gasteiger partial charge in [-0.15, -0.1) is 0 Å². The van der Waals surface area contributed by atoms with Gasteiger partial charge in [-0.05, 0) is 30.0 Å². The molecule has 25 heavy (non-hydrogen) atoms. The predicted octanol–water partition coefficient (Wildman–Crippen LogP) is 3.03. The van der Waals surface area contributed by atoms with E-state index in [4.69, 9.17) is 0 Å². The van der Waals surface area contributed by atoms with Gasteiger partial charge in [0.15, 0.2) is 0 Å². The molecule has 3 rings (SSSR count). The standard InChI is InChI=1S/C18H19N3O4/c1-12-6-7-14(21(24)25)10-16(12)19-18(23)20-9-8-13-4-2-3-5-15(13)17(20)11-22/h2-7,10,17,22H,8-9,11H2,1H3,(H,19,23). The number of hydrogen-bond acceptors (Lipinski definition) is 4. The fourth-order valence-electron chi connectivity index (χ4n) is 3.14. The molecule has 1 atom stereocenters. The molecule has 0 saturated carbocycles. The minimum absolute atomic E-state index is 0.0800. The number of nitrogens with one attached hydrogen (secondary N) is 1. The van der Waals surface area contributed by atoms with Crippen LogP contribution in [-0.2, 0) is 6.42 Å². The molecule has 0 aliphatic carbocycles. The van der Waals surface area contributed by atoms with Crippen molar-refractivity contribution in [3.05, 3.63) is 69.3 Å². The summed E-state index contributed by atoms with van der Waals surface area (Å²) in [6, 6.07) is 11.3. The maximum Gasteiger partial charge on any atom is 0.322 e. The molecule has 7 nitrogen and oxygen atoms in total. The summed E-state index contributed by atoms with van der Waals surface area (Å²) >= 11 is 0. The van der Waals surface area contributed by atoms with Gasteiger partial charge in [0, 0.05) is 18.7 Å². The van der Waals surface area contributed by atoms with Crippen LogP contribution in [0.2, 0.25) is 0 Å². The van der Waals surface area contributed by atoms with E-state index in [-0.39, 0.29) is 18.3 Å². The second kappa shape index (κ2) is 6.90. The molecule has 2 N–H and O–H groups in total. The lowest BCUT2D eigenvalue weighted by Crippen LogP contribution is -2.43. The van der Waals surface area contributed by atoms with Crippen LogP contribution in [0.15, 0.2) is 42.5 Å². The van der Waals surface area contributed by atoms with Crippen LogP contribution in [0.1, 0.15) is 22.7 Å². The third kappa shape index (κ3) is 3.32. The summed E-state index contributed by atoms with van der Waals surface area (Å²) in [4.78, 5) is 24.7. The highest BCUT2D eigenvalue weighted by Gasteiger charge is 2.30. The molecule has 0 radical (unpaired) electrons. The number of aryl methyl sites for hydroxylation is 1. The van der Waals surface area contributed by atoms with Crippen molar-refractivity contribution in [2.45, 2.75) is 19.4 Å². The van der Waals surface area contributed by atoms with Crippen LogP contribution < -0.4 is 5.32 Å². The van der Waals surface area contributed by atoms with E-state index in [1.807, 2.05) is 24.3 Å². The number of fused-ring (bicyclic) bond motifs is 1. The van der Waals surface area contributed by atoms with E-state index in [2.05, 4.69) is 5.32 Å². The number of benzene rings is 2. The Morgan fingerprint density at radius 3 is 2.84 bits per heavy atom. The monoisotopic (exact) mass is 341 g/mol. The first-order valence-electron chi connectivity index (χ1n) is 8.02. The number of aliphatic hydroxyl groups is 1. The Morgan fingerprint density at radius 1 is 1.36 bits per heavy atom. The number of non-ortho nitro benzene ring substituents is 1. The normalized spacial score (nSPS) is 16.2. The summed E-state index contributed by atoms with van der Waals surface area (Å²) in [5.41, 5.74) is 3.11. The van der Waals surface area contributed by atoms with Crippen molar-refractivity contribution in [3.8, 4) is 0 Å². The van der Waals surface area contributed by atoms with Crippen molar-refractivity contribution in [2.24, 2.45) is 0 Å². The van der Waals surface area contributed by atoms with Gasteiger partial charge in [-0.1, -0.05) is 30.3 Å². The maximum absolute atomic E-state index is 12.7. The molecule has 7 heteroatoms. The van der Waals surface area contributed by atoms with Gasteiger partial charge in [-0.2, -0.15) is 0 Å². The second-order valence-corrected chi connectivity index (χ2v) is 6.03. The van der Waals surface area contributed by atoms with Gasteiger partial charge < -0.3 is 15.3 Å². The first kappa shape index (κ1) is 16.9. The number of anilines is 1. The highest BCUT2D eigenvalue weighted by Crippen LogP contribution is 2.30. The van der Waals surface area contributed by atoms with E-state index in [0.717, 1.165) is 16.7 Å². The highest BCUT2D eigenvalue weighted by atomic mass is 16.6. The second-order valence-electron chi connectivity index (χ2n) is 6.03. The van der Waals surface area contributed by atoms with Crippen LogP contribution in [-0.4, -0.2) is 34.1 Å². The highest BCUT2D eigenvalue weighted by molar-refractivity contribution is 5.91.